The molecular weight excluding hydrogens is 222 g/mol. The van der Waals surface area contributed by atoms with Crippen LogP contribution in [0, 0.1) is 18.3 Å². The Bertz CT molecular complexity index is 309. The van der Waals surface area contributed by atoms with E-state index in [1.807, 2.05) is 6.92 Å². The zero-order valence-corrected chi connectivity index (χ0v) is 8.84. The second kappa shape index (κ2) is 3.38. The van der Waals surface area contributed by atoms with E-state index in [-0.39, 0.29) is 0 Å². The molecule has 1 aromatic rings. The molecule has 0 aliphatic heterocycles. The SMILES string of the molecule is CCc1c(Br)sc(C#N)c1C. The lowest BCUT2D eigenvalue weighted by Gasteiger charge is -1.93. The Morgan fingerprint density at radius 3 is 2.55 bits per heavy atom. The lowest BCUT2D eigenvalue weighted by Crippen LogP contribution is -1.81. The monoisotopic (exact) mass is 229 g/mol. The van der Waals surface area contributed by atoms with Crippen LogP contribution in [0.15, 0.2) is 3.79 Å². The van der Waals surface area contributed by atoms with Gasteiger partial charge in [-0.15, -0.1) is 11.3 Å². The predicted octanol–water partition coefficient (Wildman–Crippen LogP) is 3.25. The van der Waals surface area contributed by atoms with Crippen LogP contribution >= 0.6 is 27.3 Å². The Kier molecular flexibility index (Phi) is 2.69. The van der Waals surface area contributed by atoms with Gasteiger partial charge in [-0.2, -0.15) is 5.26 Å². The van der Waals surface area contributed by atoms with Gasteiger partial charge in [-0.1, -0.05) is 6.92 Å². The van der Waals surface area contributed by atoms with Gasteiger partial charge < -0.3 is 0 Å². The Balaban J connectivity index is 3.28. The van der Waals surface area contributed by atoms with E-state index in [0.717, 1.165) is 20.6 Å². The Morgan fingerprint density at radius 1 is 1.64 bits per heavy atom. The highest BCUT2D eigenvalue weighted by atomic mass is 79.9. The summed E-state index contributed by atoms with van der Waals surface area (Å²) < 4.78 is 1.11. The van der Waals surface area contributed by atoms with Crippen LogP contribution in [0.1, 0.15) is 22.9 Å². The Morgan fingerprint density at radius 2 is 2.27 bits per heavy atom. The fraction of sp³-hybridized carbons (Fsp3) is 0.375. The number of nitriles is 1. The maximum Gasteiger partial charge on any atom is 0.110 e. The summed E-state index contributed by atoms with van der Waals surface area (Å²) in [4.78, 5) is 0.828. The number of hydrogen-bond acceptors (Lipinski definition) is 2. The highest BCUT2D eigenvalue weighted by Crippen LogP contribution is 2.32. The van der Waals surface area contributed by atoms with Crippen LogP contribution in [0.4, 0.5) is 0 Å². The van der Waals surface area contributed by atoms with Gasteiger partial charge >= 0.3 is 0 Å². The van der Waals surface area contributed by atoms with Crippen molar-refractivity contribution in [3.63, 3.8) is 0 Å². The molecule has 0 aliphatic carbocycles. The van der Waals surface area contributed by atoms with Crippen LogP contribution in [0.25, 0.3) is 0 Å². The first-order valence-corrected chi connectivity index (χ1v) is 4.99. The van der Waals surface area contributed by atoms with Crippen molar-refractivity contribution in [3.05, 3.63) is 19.8 Å². The summed E-state index contributed by atoms with van der Waals surface area (Å²) in [5, 5.41) is 8.69. The van der Waals surface area contributed by atoms with Crippen LogP contribution in [0.5, 0.6) is 0 Å². The molecular formula is C8H8BrNS. The smallest absolute Gasteiger partial charge is 0.110 e. The average molecular weight is 230 g/mol. The number of rotatable bonds is 1. The minimum atomic E-state index is 0.828. The van der Waals surface area contributed by atoms with Crippen LogP contribution in [0.3, 0.4) is 0 Å². The first-order valence-electron chi connectivity index (χ1n) is 3.38. The van der Waals surface area contributed by atoms with Gasteiger partial charge in [-0.3, -0.25) is 0 Å². The first-order chi connectivity index (χ1) is 5.20. The van der Waals surface area contributed by atoms with E-state index < -0.39 is 0 Å². The fourth-order valence-electron chi connectivity index (χ4n) is 1.02. The van der Waals surface area contributed by atoms with Crippen LogP contribution < -0.4 is 0 Å². The van der Waals surface area contributed by atoms with Crippen molar-refractivity contribution in [2.75, 3.05) is 0 Å². The third kappa shape index (κ3) is 1.47. The lowest BCUT2D eigenvalue weighted by molar-refractivity contribution is 1.12. The fourth-order valence-corrected chi connectivity index (χ4v) is 3.01. The Labute approximate surface area is 78.8 Å². The summed E-state index contributed by atoms with van der Waals surface area (Å²) in [5.41, 5.74) is 2.40. The van der Waals surface area contributed by atoms with E-state index >= 15 is 0 Å². The van der Waals surface area contributed by atoms with Gasteiger partial charge in [-0.05, 0) is 40.4 Å². The van der Waals surface area contributed by atoms with Crippen LogP contribution in [-0.4, -0.2) is 0 Å². The number of hydrogen-bond donors (Lipinski definition) is 0. The molecule has 0 saturated carbocycles. The summed E-state index contributed by atoms with van der Waals surface area (Å²) in [7, 11) is 0. The molecule has 0 aromatic carbocycles. The molecule has 0 N–H and O–H groups in total. The third-order valence-corrected chi connectivity index (χ3v) is 3.67. The number of nitrogens with zero attached hydrogens (tertiary/aromatic N) is 1. The van der Waals surface area contributed by atoms with Gasteiger partial charge in [0.25, 0.3) is 0 Å². The summed E-state index contributed by atoms with van der Waals surface area (Å²) >= 11 is 4.96. The van der Waals surface area contributed by atoms with E-state index in [1.54, 1.807) is 0 Å². The first kappa shape index (κ1) is 8.76. The molecule has 1 nitrogen and oxygen atoms in total. The number of thiophene rings is 1. The molecule has 0 aliphatic rings. The molecule has 1 heterocycles. The van der Waals surface area contributed by atoms with Crippen molar-refractivity contribution >= 4 is 27.3 Å². The van der Waals surface area contributed by atoms with Gasteiger partial charge in [0.05, 0.1) is 3.79 Å². The summed E-state index contributed by atoms with van der Waals surface area (Å²) in [5.74, 6) is 0. The van der Waals surface area contributed by atoms with Crippen molar-refractivity contribution < 1.29 is 0 Å². The van der Waals surface area contributed by atoms with Gasteiger partial charge in [0.2, 0.25) is 0 Å². The van der Waals surface area contributed by atoms with E-state index in [2.05, 4.69) is 28.9 Å². The van der Waals surface area contributed by atoms with Crippen molar-refractivity contribution in [2.45, 2.75) is 20.3 Å². The third-order valence-electron chi connectivity index (χ3n) is 1.68. The summed E-state index contributed by atoms with van der Waals surface area (Å²) in [6.45, 7) is 4.10. The molecule has 0 bridgehead atoms. The molecule has 0 spiro atoms. The molecule has 0 fully saturated rings. The van der Waals surface area contributed by atoms with Gasteiger partial charge in [-0.25, -0.2) is 0 Å². The largest absolute Gasteiger partial charge is 0.192 e. The molecule has 1 rings (SSSR count). The lowest BCUT2D eigenvalue weighted by atomic mass is 10.1. The average Bonchev–Trinajstić information content (AvgIpc) is 2.26. The maximum atomic E-state index is 8.69. The second-order valence-corrected chi connectivity index (χ2v) is 4.61. The second-order valence-electron chi connectivity index (χ2n) is 2.27. The minimum absolute atomic E-state index is 0.828. The van der Waals surface area contributed by atoms with Gasteiger partial charge in [0.15, 0.2) is 0 Å². The predicted molar refractivity (Wildman–Crippen MR) is 50.8 cm³/mol. The van der Waals surface area contributed by atoms with Crippen molar-refractivity contribution in [1.82, 2.24) is 0 Å². The Hall–Kier alpha value is -0.330. The highest BCUT2D eigenvalue weighted by molar-refractivity contribution is 9.11. The topological polar surface area (TPSA) is 23.8 Å². The van der Waals surface area contributed by atoms with Crippen LogP contribution in [-0.2, 0) is 6.42 Å². The molecule has 11 heavy (non-hydrogen) atoms. The quantitative estimate of drug-likeness (QED) is 0.726. The molecule has 0 atom stereocenters. The molecule has 0 saturated heterocycles. The maximum absolute atomic E-state index is 8.69. The number of halogens is 1. The zero-order chi connectivity index (χ0) is 8.43. The standard InChI is InChI=1S/C8H8BrNS/c1-3-6-5(2)7(4-10)11-8(6)9/h3H2,1-2H3. The molecule has 0 amide bonds. The van der Waals surface area contributed by atoms with E-state index in [0.29, 0.717) is 0 Å². The molecule has 58 valence electrons. The normalized spacial score (nSPS) is 9.64. The molecule has 0 radical (unpaired) electrons. The van der Waals surface area contributed by atoms with Crippen molar-refractivity contribution in [2.24, 2.45) is 0 Å². The minimum Gasteiger partial charge on any atom is -0.192 e. The van der Waals surface area contributed by atoms with E-state index in [4.69, 9.17) is 5.26 Å². The van der Waals surface area contributed by atoms with Crippen molar-refractivity contribution in [3.8, 4) is 6.07 Å². The zero-order valence-electron chi connectivity index (χ0n) is 6.44. The summed E-state index contributed by atoms with van der Waals surface area (Å²) in [6.07, 6.45) is 0.991. The molecule has 1 aromatic heterocycles. The van der Waals surface area contributed by atoms with Gasteiger partial charge in [0.1, 0.15) is 10.9 Å². The van der Waals surface area contributed by atoms with E-state index in [1.165, 1.54) is 16.9 Å². The highest BCUT2D eigenvalue weighted by Gasteiger charge is 2.10. The summed E-state index contributed by atoms with van der Waals surface area (Å²) in [6, 6.07) is 2.18. The molecule has 3 heteroatoms. The van der Waals surface area contributed by atoms with Gasteiger partial charge in [0, 0.05) is 0 Å². The van der Waals surface area contributed by atoms with E-state index in [9.17, 15) is 0 Å². The van der Waals surface area contributed by atoms with Crippen LogP contribution in [0.2, 0.25) is 0 Å². The molecule has 0 unspecified atom stereocenters. The van der Waals surface area contributed by atoms with Crippen molar-refractivity contribution in [1.29, 1.82) is 5.26 Å².